The third kappa shape index (κ3) is 9.60. The zero-order valence-corrected chi connectivity index (χ0v) is 53.1. The average Bonchev–Trinajstić information content (AvgIpc) is 1.63. The van der Waals surface area contributed by atoms with Gasteiger partial charge < -0.3 is 8.83 Å². The van der Waals surface area contributed by atoms with Crippen molar-refractivity contribution in [1.29, 1.82) is 0 Å². The highest BCUT2D eigenvalue weighted by atomic mass is 32.1. The minimum absolute atomic E-state index is 0.701. The fraction of sp³-hybridized carbons (Fsp3) is 0. The third-order valence-corrected chi connectivity index (χ3v) is 21.2. The zero-order valence-electron chi connectivity index (χ0n) is 51.4. The summed E-state index contributed by atoms with van der Waals surface area (Å²) in [5.74, 6) is 0. The molecule has 6 heterocycles. The molecule has 0 aliphatic rings. The summed E-state index contributed by atoms with van der Waals surface area (Å²) in [6.07, 6.45) is 3.30. The number of rotatable bonds is 8. The Labute approximate surface area is 559 Å². The maximum absolute atomic E-state index is 6.51. The predicted molar refractivity (Wildman–Crippen MR) is 403 cm³/mol. The second kappa shape index (κ2) is 22.8. The third-order valence-electron chi connectivity index (χ3n) is 18.8. The van der Waals surface area contributed by atoms with Crippen LogP contribution in [0, 0.1) is 0 Å². The van der Waals surface area contributed by atoms with Gasteiger partial charge in [0.1, 0.15) is 46.2 Å². The molecule has 0 aliphatic heterocycles. The van der Waals surface area contributed by atoms with Gasteiger partial charge in [-0.1, -0.05) is 237 Å². The van der Waals surface area contributed by atoms with Crippen LogP contribution >= 0.6 is 22.7 Å². The summed E-state index contributed by atoms with van der Waals surface area (Å²) < 4.78 is 18.1. The lowest BCUT2D eigenvalue weighted by atomic mass is 9.96. The normalized spacial score (nSPS) is 11.8. The van der Waals surface area contributed by atoms with Crippen LogP contribution in [-0.2, 0) is 0 Å². The molecule has 8 heteroatoms. The maximum atomic E-state index is 6.51. The van der Waals surface area contributed by atoms with Crippen LogP contribution in [0.25, 0.3) is 195 Å². The SMILES string of the molecule is c1cc(-c2ncnc3c2oc2ccc(-c4ccc5cc(-c6ccc7ccccc7c6)ccc5c4)cc23)cc(-c2cccc3c2sc2ccccc23)c1.c1ccc(-c2ccc(-c3ccc4oc5c(-c6cccc(-c7cccc8c7sc7ccccc78)c6)ncnc5c4c3)cc2)cc1. The van der Waals surface area contributed by atoms with Gasteiger partial charge in [0, 0.05) is 62.2 Å². The summed E-state index contributed by atoms with van der Waals surface area (Å²) in [7, 11) is 0. The standard InChI is InChI=1S/C48H28N2OS.C40H24N2OS/c1-2-8-30-23-31(16-15-29(30)7-1)32-17-18-34-25-35(20-19-33(34)24-32)36-21-22-43-42(27-36)46-47(51-43)45(49-28-50-46)38-10-5-9-37(26-38)39-12-6-13-41-40-11-3-4-14-44(40)52-48(39)41;1-2-8-25(9-3-1)26-16-18-27(19-17-26)28-20-21-35-34(23-28)38-39(43-35)37(41-24-42-38)30-11-6-10-29(22-30)31-13-7-14-33-32-12-4-5-15-36(32)44-40(31)33/h1-28H;1-24H. The molecule has 448 valence electrons. The van der Waals surface area contributed by atoms with Crippen LogP contribution in [0.15, 0.2) is 325 Å². The van der Waals surface area contributed by atoms with Crippen molar-refractivity contribution >= 4 is 129 Å². The highest BCUT2D eigenvalue weighted by molar-refractivity contribution is 7.26. The molecule has 0 fully saturated rings. The molecule has 0 aliphatic carbocycles. The minimum atomic E-state index is 0.701. The summed E-state index contributed by atoms with van der Waals surface area (Å²) in [6, 6.07) is 108. The van der Waals surface area contributed by atoms with E-state index in [2.05, 4.69) is 296 Å². The molecule has 0 unspecified atom stereocenters. The van der Waals surface area contributed by atoms with Crippen molar-refractivity contribution < 1.29 is 8.83 Å². The van der Waals surface area contributed by atoms with E-state index in [1.807, 2.05) is 34.8 Å². The van der Waals surface area contributed by atoms with E-state index in [0.29, 0.717) is 11.2 Å². The fourth-order valence-corrected chi connectivity index (χ4v) is 16.5. The van der Waals surface area contributed by atoms with Crippen LogP contribution in [-0.4, -0.2) is 19.9 Å². The molecule has 20 aromatic rings. The topological polar surface area (TPSA) is 77.8 Å². The molecule has 0 amide bonds. The molecule has 0 spiro atoms. The summed E-state index contributed by atoms with van der Waals surface area (Å²) in [5.41, 5.74) is 22.4. The first kappa shape index (κ1) is 55.4. The molecule has 0 saturated heterocycles. The zero-order chi connectivity index (χ0) is 63.2. The summed E-state index contributed by atoms with van der Waals surface area (Å²) >= 11 is 3.69. The predicted octanol–water partition coefficient (Wildman–Crippen LogP) is 25.1. The molecule has 0 saturated carbocycles. The van der Waals surface area contributed by atoms with Gasteiger partial charge in [-0.3, -0.25) is 0 Å². The Morgan fingerprint density at radius 1 is 0.229 bits per heavy atom. The van der Waals surface area contributed by atoms with Gasteiger partial charge in [0.15, 0.2) is 11.2 Å². The van der Waals surface area contributed by atoms with Crippen molar-refractivity contribution in [2.45, 2.75) is 0 Å². The number of thiophene rings is 2. The Bertz CT molecular complexity index is 6480. The van der Waals surface area contributed by atoms with E-state index in [4.69, 9.17) is 23.8 Å². The largest absolute Gasteiger partial charge is 0.452 e. The smallest absolute Gasteiger partial charge is 0.180 e. The van der Waals surface area contributed by atoms with Gasteiger partial charge >= 0.3 is 0 Å². The van der Waals surface area contributed by atoms with E-state index in [0.717, 1.165) is 88.9 Å². The highest BCUT2D eigenvalue weighted by Crippen LogP contribution is 2.45. The number of fused-ring (bicyclic) bond motifs is 14. The Morgan fingerprint density at radius 2 is 0.594 bits per heavy atom. The van der Waals surface area contributed by atoms with Crippen molar-refractivity contribution in [2.75, 3.05) is 0 Å². The summed E-state index contributed by atoms with van der Waals surface area (Å²) in [6.45, 7) is 0. The van der Waals surface area contributed by atoms with Gasteiger partial charge in [-0.15, -0.1) is 22.7 Å². The second-order valence-corrected chi connectivity index (χ2v) is 26.5. The Morgan fingerprint density at radius 3 is 1.12 bits per heavy atom. The molecule has 0 atom stereocenters. The Kier molecular flexibility index (Phi) is 13.2. The van der Waals surface area contributed by atoms with Crippen LogP contribution in [0.1, 0.15) is 0 Å². The molecule has 14 aromatic carbocycles. The van der Waals surface area contributed by atoms with E-state index in [-0.39, 0.29) is 0 Å². The number of nitrogens with zero attached hydrogens (tertiary/aromatic N) is 4. The van der Waals surface area contributed by atoms with Crippen molar-refractivity contribution in [2.24, 2.45) is 0 Å². The Balaban J connectivity index is 0.000000137. The molecular formula is C88H52N4O2S2. The second-order valence-electron chi connectivity index (χ2n) is 24.4. The Hall–Kier alpha value is -12.2. The summed E-state index contributed by atoms with van der Waals surface area (Å²) in [5, 5.41) is 12.1. The molecule has 0 bridgehead atoms. The van der Waals surface area contributed by atoms with E-state index >= 15 is 0 Å². The van der Waals surface area contributed by atoms with Crippen LogP contribution < -0.4 is 0 Å². The van der Waals surface area contributed by atoms with Crippen molar-refractivity contribution in [3.8, 4) is 89.3 Å². The maximum Gasteiger partial charge on any atom is 0.180 e. The lowest BCUT2D eigenvalue weighted by molar-refractivity contribution is 0.667. The average molecular weight is 1260 g/mol. The first-order valence-corrected chi connectivity index (χ1v) is 33.7. The monoisotopic (exact) mass is 1260 g/mol. The molecular weight excluding hydrogens is 1210 g/mol. The molecule has 0 N–H and O–H groups in total. The van der Waals surface area contributed by atoms with E-state index < -0.39 is 0 Å². The first-order valence-electron chi connectivity index (χ1n) is 32.1. The van der Waals surface area contributed by atoms with Crippen LogP contribution in [0.3, 0.4) is 0 Å². The van der Waals surface area contributed by atoms with Crippen LogP contribution in [0.5, 0.6) is 0 Å². The van der Waals surface area contributed by atoms with E-state index in [1.165, 1.54) is 95.3 Å². The fourth-order valence-electron chi connectivity index (χ4n) is 14.0. The van der Waals surface area contributed by atoms with Crippen molar-refractivity contribution in [1.82, 2.24) is 19.9 Å². The molecule has 96 heavy (non-hydrogen) atoms. The highest BCUT2D eigenvalue weighted by Gasteiger charge is 2.21. The van der Waals surface area contributed by atoms with Gasteiger partial charge in [0.2, 0.25) is 0 Å². The lowest BCUT2D eigenvalue weighted by Crippen LogP contribution is -1.88. The molecule has 0 radical (unpaired) electrons. The number of hydrogen-bond donors (Lipinski definition) is 0. The number of aromatic nitrogens is 4. The molecule has 6 aromatic heterocycles. The van der Waals surface area contributed by atoms with Gasteiger partial charge in [-0.2, -0.15) is 0 Å². The van der Waals surface area contributed by atoms with Crippen LogP contribution in [0.2, 0.25) is 0 Å². The van der Waals surface area contributed by atoms with Gasteiger partial charge in [0.25, 0.3) is 0 Å². The van der Waals surface area contributed by atoms with Crippen LogP contribution in [0.4, 0.5) is 0 Å². The van der Waals surface area contributed by atoms with E-state index in [9.17, 15) is 0 Å². The number of hydrogen-bond acceptors (Lipinski definition) is 8. The quantitative estimate of drug-likeness (QED) is 0.151. The number of furan rings is 2. The molecule has 20 rings (SSSR count). The van der Waals surface area contributed by atoms with Crippen molar-refractivity contribution in [3.63, 3.8) is 0 Å². The van der Waals surface area contributed by atoms with E-state index in [1.54, 1.807) is 12.7 Å². The lowest BCUT2D eigenvalue weighted by Gasteiger charge is -2.08. The first-order chi connectivity index (χ1) is 47.5. The minimum Gasteiger partial charge on any atom is -0.452 e. The number of benzene rings is 14. The van der Waals surface area contributed by atoms with Gasteiger partial charge in [-0.05, 0) is 155 Å². The van der Waals surface area contributed by atoms with Crippen molar-refractivity contribution in [3.05, 3.63) is 316 Å². The summed E-state index contributed by atoms with van der Waals surface area (Å²) in [4.78, 5) is 18.9. The molecule has 6 nitrogen and oxygen atoms in total. The van der Waals surface area contributed by atoms with Gasteiger partial charge in [-0.25, -0.2) is 19.9 Å². The van der Waals surface area contributed by atoms with Gasteiger partial charge in [0.05, 0.1) is 0 Å².